The fourth-order valence-corrected chi connectivity index (χ4v) is 3.33. The first kappa shape index (κ1) is 14.2. The molecule has 1 aromatic rings. The van der Waals surface area contributed by atoms with E-state index in [9.17, 15) is 5.11 Å². The maximum Gasteiger partial charge on any atom is 0.115 e. The highest BCUT2D eigenvalue weighted by Gasteiger charge is 2.22. The number of hydrogen-bond donors (Lipinski definition) is 2. The molecule has 0 heterocycles. The summed E-state index contributed by atoms with van der Waals surface area (Å²) in [5.74, 6) is 2.03. The van der Waals surface area contributed by atoms with E-state index in [2.05, 4.69) is 26.1 Å². The number of benzene rings is 1. The van der Waals surface area contributed by atoms with E-state index in [1.807, 2.05) is 12.1 Å². The van der Waals surface area contributed by atoms with E-state index in [1.165, 1.54) is 37.8 Å². The van der Waals surface area contributed by atoms with Crippen LogP contribution in [0.1, 0.15) is 51.5 Å². The molecule has 1 aromatic carbocycles. The van der Waals surface area contributed by atoms with Gasteiger partial charge in [-0.1, -0.05) is 26.7 Å². The Morgan fingerprint density at radius 2 is 2.11 bits per heavy atom. The molecule has 2 heteroatoms. The Morgan fingerprint density at radius 1 is 1.32 bits per heavy atom. The minimum atomic E-state index is 0.351. The molecule has 2 atom stereocenters. The molecule has 106 valence electrons. The lowest BCUT2D eigenvalue weighted by Crippen LogP contribution is -2.28. The first-order chi connectivity index (χ1) is 9.04. The van der Waals surface area contributed by atoms with Crippen LogP contribution < -0.4 is 5.32 Å². The largest absolute Gasteiger partial charge is 0.508 e. The smallest absolute Gasteiger partial charge is 0.115 e. The van der Waals surface area contributed by atoms with Crippen LogP contribution in [0.5, 0.6) is 5.75 Å². The van der Waals surface area contributed by atoms with Gasteiger partial charge in [-0.15, -0.1) is 0 Å². The lowest BCUT2D eigenvalue weighted by Gasteiger charge is -2.31. The van der Waals surface area contributed by atoms with Crippen LogP contribution in [0.15, 0.2) is 18.2 Å². The Morgan fingerprint density at radius 3 is 2.79 bits per heavy atom. The molecule has 2 N–H and O–H groups in total. The summed E-state index contributed by atoms with van der Waals surface area (Å²) in [6.45, 7) is 6.69. The number of aryl methyl sites for hydroxylation is 1. The average Bonchev–Trinajstić information content (AvgIpc) is 2.32. The van der Waals surface area contributed by atoms with Gasteiger partial charge in [0.05, 0.1) is 0 Å². The summed E-state index contributed by atoms with van der Waals surface area (Å²) < 4.78 is 0. The topological polar surface area (TPSA) is 32.3 Å². The molecule has 0 aliphatic heterocycles. The van der Waals surface area contributed by atoms with Crippen LogP contribution in [0.4, 0.5) is 5.69 Å². The van der Waals surface area contributed by atoms with E-state index in [1.54, 1.807) is 6.07 Å². The summed E-state index contributed by atoms with van der Waals surface area (Å²) in [5, 5.41) is 13.1. The zero-order valence-corrected chi connectivity index (χ0v) is 12.4. The van der Waals surface area contributed by atoms with Gasteiger partial charge >= 0.3 is 0 Å². The predicted molar refractivity (Wildman–Crippen MR) is 81.7 cm³/mol. The fourth-order valence-electron chi connectivity index (χ4n) is 3.33. The number of rotatable bonds is 4. The van der Waals surface area contributed by atoms with Gasteiger partial charge in [0.25, 0.3) is 0 Å². The fraction of sp³-hybridized carbons (Fsp3) is 0.647. The average molecular weight is 261 g/mol. The van der Waals surface area contributed by atoms with Crippen molar-refractivity contribution in [1.29, 1.82) is 0 Å². The van der Waals surface area contributed by atoms with Gasteiger partial charge in [-0.05, 0) is 61.8 Å². The van der Waals surface area contributed by atoms with Crippen molar-refractivity contribution in [3.63, 3.8) is 0 Å². The molecule has 0 saturated heterocycles. The molecule has 1 aliphatic rings. The lowest BCUT2D eigenvalue weighted by molar-refractivity contribution is 0.289. The van der Waals surface area contributed by atoms with E-state index in [0.717, 1.165) is 17.4 Å². The van der Waals surface area contributed by atoms with Gasteiger partial charge in [0.15, 0.2) is 0 Å². The van der Waals surface area contributed by atoms with E-state index >= 15 is 0 Å². The van der Waals surface area contributed by atoms with Crippen molar-refractivity contribution in [1.82, 2.24) is 0 Å². The number of hydrogen-bond acceptors (Lipinski definition) is 2. The van der Waals surface area contributed by atoms with E-state index in [0.29, 0.717) is 11.8 Å². The summed E-state index contributed by atoms with van der Waals surface area (Å²) in [6, 6.07) is 6.19. The zero-order chi connectivity index (χ0) is 13.8. The van der Waals surface area contributed by atoms with Crippen LogP contribution in [0.3, 0.4) is 0 Å². The van der Waals surface area contributed by atoms with Crippen LogP contribution in [0, 0.1) is 18.8 Å². The molecule has 19 heavy (non-hydrogen) atoms. The number of phenols is 1. The van der Waals surface area contributed by atoms with Crippen LogP contribution in [0.25, 0.3) is 0 Å². The predicted octanol–water partition coefficient (Wildman–Crippen LogP) is 4.72. The Balaban J connectivity index is 1.94. The van der Waals surface area contributed by atoms with Gasteiger partial charge in [0.1, 0.15) is 5.75 Å². The first-order valence-corrected chi connectivity index (χ1v) is 7.60. The Hall–Kier alpha value is -1.18. The van der Waals surface area contributed by atoms with Gasteiger partial charge in [0, 0.05) is 11.7 Å². The Bertz CT molecular complexity index is 414. The molecule has 1 fully saturated rings. The van der Waals surface area contributed by atoms with Crippen molar-refractivity contribution in [2.24, 2.45) is 11.8 Å². The molecule has 0 radical (unpaired) electrons. The molecule has 1 saturated carbocycles. The highest BCUT2D eigenvalue weighted by atomic mass is 16.3. The highest BCUT2D eigenvalue weighted by Crippen LogP contribution is 2.32. The molecular weight excluding hydrogens is 234 g/mol. The molecule has 2 unspecified atom stereocenters. The molecule has 2 nitrogen and oxygen atoms in total. The number of aromatic hydroxyl groups is 1. The SMILES string of the molecule is Cc1cc(O)ccc1NC1CCCC(CC(C)C)C1. The molecule has 1 aliphatic carbocycles. The van der Waals surface area contributed by atoms with Crippen LogP contribution in [-0.2, 0) is 0 Å². The maximum atomic E-state index is 9.46. The van der Waals surface area contributed by atoms with E-state index < -0.39 is 0 Å². The molecule has 0 bridgehead atoms. The number of phenolic OH excluding ortho intramolecular Hbond substituents is 1. The first-order valence-electron chi connectivity index (χ1n) is 7.60. The van der Waals surface area contributed by atoms with E-state index in [4.69, 9.17) is 0 Å². The minimum absolute atomic E-state index is 0.351. The Labute approximate surface area is 117 Å². The number of nitrogens with one attached hydrogen (secondary N) is 1. The van der Waals surface area contributed by atoms with Crippen molar-refractivity contribution in [3.05, 3.63) is 23.8 Å². The van der Waals surface area contributed by atoms with Gasteiger partial charge < -0.3 is 10.4 Å². The summed E-state index contributed by atoms with van der Waals surface area (Å²) in [5.41, 5.74) is 2.30. The highest BCUT2D eigenvalue weighted by molar-refractivity contribution is 5.53. The molecular formula is C17H27NO. The standard InChI is InChI=1S/C17H27NO/c1-12(2)9-14-5-4-6-15(11-14)18-17-8-7-16(19)10-13(17)3/h7-8,10,12,14-15,18-19H,4-6,9,11H2,1-3H3. The van der Waals surface area contributed by atoms with Crippen molar-refractivity contribution in [2.75, 3.05) is 5.32 Å². The summed E-state index contributed by atoms with van der Waals surface area (Å²) in [6.07, 6.45) is 6.65. The third-order valence-electron chi connectivity index (χ3n) is 4.16. The second kappa shape index (κ2) is 6.31. The second-order valence-electron chi connectivity index (χ2n) is 6.50. The minimum Gasteiger partial charge on any atom is -0.508 e. The van der Waals surface area contributed by atoms with Gasteiger partial charge in [-0.25, -0.2) is 0 Å². The maximum absolute atomic E-state index is 9.46. The quantitative estimate of drug-likeness (QED) is 0.769. The number of anilines is 1. The van der Waals surface area contributed by atoms with Crippen molar-refractivity contribution in [2.45, 2.75) is 58.9 Å². The summed E-state index contributed by atoms with van der Waals surface area (Å²) in [4.78, 5) is 0. The molecule has 0 aromatic heterocycles. The van der Waals surface area contributed by atoms with Crippen LogP contribution >= 0.6 is 0 Å². The van der Waals surface area contributed by atoms with Crippen molar-refractivity contribution in [3.8, 4) is 5.75 Å². The normalized spacial score (nSPS) is 23.6. The molecule has 0 amide bonds. The summed E-state index contributed by atoms with van der Waals surface area (Å²) in [7, 11) is 0. The third kappa shape index (κ3) is 4.15. The monoisotopic (exact) mass is 261 g/mol. The molecule has 2 rings (SSSR count). The van der Waals surface area contributed by atoms with Gasteiger partial charge in [0.2, 0.25) is 0 Å². The summed E-state index contributed by atoms with van der Waals surface area (Å²) >= 11 is 0. The van der Waals surface area contributed by atoms with Gasteiger partial charge in [-0.2, -0.15) is 0 Å². The van der Waals surface area contributed by atoms with E-state index in [-0.39, 0.29) is 0 Å². The van der Waals surface area contributed by atoms with Crippen molar-refractivity contribution >= 4 is 5.69 Å². The van der Waals surface area contributed by atoms with Crippen LogP contribution in [-0.4, -0.2) is 11.1 Å². The van der Waals surface area contributed by atoms with Crippen LogP contribution in [0.2, 0.25) is 0 Å². The second-order valence-corrected chi connectivity index (χ2v) is 6.50. The lowest BCUT2D eigenvalue weighted by atomic mass is 9.81. The Kier molecular flexibility index (Phi) is 4.73. The third-order valence-corrected chi connectivity index (χ3v) is 4.16. The van der Waals surface area contributed by atoms with Crippen molar-refractivity contribution < 1.29 is 5.11 Å². The molecule has 0 spiro atoms. The zero-order valence-electron chi connectivity index (χ0n) is 12.4. The van der Waals surface area contributed by atoms with Gasteiger partial charge in [-0.3, -0.25) is 0 Å².